The number of carbonyl (C=O) groups excluding carboxylic acids is 1. The van der Waals surface area contributed by atoms with E-state index in [0.717, 1.165) is 34.1 Å². The van der Waals surface area contributed by atoms with Gasteiger partial charge in [0, 0.05) is 28.6 Å². The molecule has 0 aliphatic carbocycles. The molecular weight excluding hydrogens is 440 g/mol. The second kappa shape index (κ2) is 8.42. The van der Waals surface area contributed by atoms with Crippen LogP contribution in [0.2, 0.25) is 0 Å². The fraction of sp³-hybridized carbons (Fsp3) is 0.0370. The second-order valence-corrected chi connectivity index (χ2v) is 7.98. The van der Waals surface area contributed by atoms with Gasteiger partial charge in [-0.3, -0.25) is 9.36 Å². The molecule has 0 unspecified atom stereocenters. The first-order valence-electron chi connectivity index (χ1n) is 11.0. The molecule has 3 aromatic carbocycles. The molecule has 8 nitrogen and oxygen atoms in total. The third kappa shape index (κ3) is 3.67. The lowest BCUT2D eigenvalue weighted by Crippen LogP contribution is -2.11. The minimum absolute atomic E-state index is 0.195. The summed E-state index contributed by atoms with van der Waals surface area (Å²) in [6, 6.07) is 26.3. The Morgan fingerprint density at radius 1 is 0.886 bits per heavy atom. The van der Waals surface area contributed by atoms with Gasteiger partial charge in [0.1, 0.15) is 5.75 Å². The molecule has 0 radical (unpaired) electrons. The minimum atomic E-state index is -0.195. The Balaban J connectivity index is 1.35. The molecule has 2 N–H and O–H groups in total. The number of methoxy groups -OCH3 is 1. The molecule has 35 heavy (non-hydrogen) atoms. The van der Waals surface area contributed by atoms with E-state index < -0.39 is 0 Å². The van der Waals surface area contributed by atoms with Gasteiger partial charge in [0.05, 0.1) is 18.5 Å². The quantitative estimate of drug-likeness (QED) is 0.370. The summed E-state index contributed by atoms with van der Waals surface area (Å²) in [5, 5.41) is 15.4. The van der Waals surface area contributed by atoms with Crippen molar-refractivity contribution in [3.63, 3.8) is 0 Å². The van der Waals surface area contributed by atoms with Crippen LogP contribution in [0.3, 0.4) is 0 Å². The molecule has 170 valence electrons. The van der Waals surface area contributed by atoms with Gasteiger partial charge in [-0.1, -0.05) is 12.1 Å². The van der Waals surface area contributed by atoms with Crippen molar-refractivity contribution in [3.05, 3.63) is 96.7 Å². The Morgan fingerprint density at radius 2 is 1.66 bits per heavy atom. The van der Waals surface area contributed by atoms with E-state index in [2.05, 4.69) is 25.8 Å². The summed E-state index contributed by atoms with van der Waals surface area (Å²) in [6.45, 7) is 0. The fourth-order valence-electron chi connectivity index (χ4n) is 4.11. The molecule has 5 aromatic rings. The second-order valence-electron chi connectivity index (χ2n) is 7.98. The highest BCUT2D eigenvalue weighted by atomic mass is 16.5. The molecule has 0 spiro atoms. The number of rotatable bonds is 4. The summed E-state index contributed by atoms with van der Waals surface area (Å²) in [5.74, 6) is 2.64. The van der Waals surface area contributed by atoms with Gasteiger partial charge in [0.15, 0.2) is 17.5 Å². The van der Waals surface area contributed by atoms with Gasteiger partial charge < -0.3 is 15.4 Å². The van der Waals surface area contributed by atoms with Crippen molar-refractivity contribution in [1.82, 2.24) is 19.7 Å². The highest BCUT2D eigenvalue weighted by Crippen LogP contribution is 2.39. The van der Waals surface area contributed by atoms with E-state index in [9.17, 15) is 4.79 Å². The van der Waals surface area contributed by atoms with Crippen molar-refractivity contribution >= 4 is 23.1 Å². The average Bonchev–Trinajstić information content (AvgIpc) is 3.29. The van der Waals surface area contributed by atoms with Crippen LogP contribution in [0.25, 0.3) is 28.5 Å². The predicted molar refractivity (Wildman–Crippen MR) is 134 cm³/mol. The van der Waals surface area contributed by atoms with E-state index in [1.807, 2.05) is 65.2 Å². The highest BCUT2D eigenvalue weighted by molar-refractivity contribution is 6.04. The highest BCUT2D eigenvalue weighted by Gasteiger charge is 2.24. The average molecular weight is 460 g/mol. The van der Waals surface area contributed by atoms with Gasteiger partial charge in [-0.05, 0) is 72.8 Å². The number of para-hydroxylation sites is 1. The number of anilines is 3. The molecule has 1 aliphatic heterocycles. The van der Waals surface area contributed by atoms with Crippen molar-refractivity contribution in [2.24, 2.45) is 0 Å². The lowest BCUT2D eigenvalue weighted by molar-refractivity contribution is 0.102. The first kappa shape index (κ1) is 20.6. The van der Waals surface area contributed by atoms with Crippen LogP contribution >= 0.6 is 0 Å². The van der Waals surface area contributed by atoms with Gasteiger partial charge in [0.25, 0.3) is 5.91 Å². The van der Waals surface area contributed by atoms with Crippen molar-refractivity contribution < 1.29 is 9.53 Å². The molecule has 0 saturated heterocycles. The van der Waals surface area contributed by atoms with Crippen molar-refractivity contribution in [2.75, 3.05) is 17.7 Å². The molecule has 3 heterocycles. The van der Waals surface area contributed by atoms with Gasteiger partial charge >= 0.3 is 0 Å². The van der Waals surface area contributed by atoms with Gasteiger partial charge in [-0.25, -0.2) is 4.98 Å². The van der Waals surface area contributed by atoms with Crippen molar-refractivity contribution in [1.29, 1.82) is 0 Å². The summed E-state index contributed by atoms with van der Waals surface area (Å²) in [5.41, 5.74) is 4.80. The minimum Gasteiger partial charge on any atom is -0.497 e. The number of nitrogens with zero attached hydrogens (tertiary/aromatic N) is 4. The number of ether oxygens (including phenoxy) is 1. The molecule has 2 aromatic heterocycles. The zero-order valence-corrected chi connectivity index (χ0v) is 18.8. The molecule has 1 aliphatic rings. The maximum Gasteiger partial charge on any atom is 0.255 e. The van der Waals surface area contributed by atoms with Crippen LogP contribution in [0, 0.1) is 0 Å². The molecule has 0 atom stereocenters. The topological polar surface area (TPSA) is 94.0 Å². The molecule has 0 fully saturated rings. The number of pyridine rings is 1. The third-order valence-electron chi connectivity index (χ3n) is 5.86. The van der Waals surface area contributed by atoms with E-state index in [-0.39, 0.29) is 5.91 Å². The van der Waals surface area contributed by atoms with E-state index in [1.54, 1.807) is 37.6 Å². The van der Waals surface area contributed by atoms with Crippen LogP contribution in [-0.4, -0.2) is 32.8 Å². The number of hydrogen-bond acceptors (Lipinski definition) is 6. The monoisotopic (exact) mass is 460 g/mol. The number of nitrogens with one attached hydrogen (secondary N) is 2. The molecule has 1 amide bonds. The van der Waals surface area contributed by atoms with Crippen molar-refractivity contribution in [2.45, 2.75) is 0 Å². The van der Waals surface area contributed by atoms with Crippen LogP contribution in [0.1, 0.15) is 10.4 Å². The first-order chi connectivity index (χ1) is 17.2. The SMILES string of the molecule is COc1ccc(C(=O)Nc2ccc(-c3nnc4n3-c3cccnc3Nc3ccccc3-4)cc2)cc1. The summed E-state index contributed by atoms with van der Waals surface area (Å²) in [6.07, 6.45) is 1.75. The fourth-order valence-corrected chi connectivity index (χ4v) is 4.11. The molecule has 8 heteroatoms. The zero-order valence-electron chi connectivity index (χ0n) is 18.8. The Bertz CT molecular complexity index is 1540. The van der Waals surface area contributed by atoms with Gasteiger partial charge in [-0.2, -0.15) is 0 Å². The Hall–Kier alpha value is -4.98. The summed E-state index contributed by atoms with van der Waals surface area (Å²) >= 11 is 0. The number of fused-ring (bicyclic) bond motifs is 5. The van der Waals surface area contributed by atoms with E-state index in [4.69, 9.17) is 4.74 Å². The summed E-state index contributed by atoms with van der Waals surface area (Å²) in [7, 11) is 1.59. The largest absolute Gasteiger partial charge is 0.497 e. The lowest BCUT2D eigenvalue weighted by atomic mass is 10.1. The Labute approximate surface area is 201 Å². The Kier molecular flexibility index (Phi) is 4.96. The number of aromatic nitrogens is 4. The van der Waals surface area contributed by atoms with E-state index >= 15 is 0 Å². The molecule has 0 bridgehead atoms. The van der Waals surface area contributed by atoms with Crippen LogP contribution in [0.15, 0.2) is 91.1 Å². The maximum absolute atomic E-state index is 12.6. The number of amides is 1. The summed E-state index contributed by atoms with van der Waals surface area (Å²) in [4.78, 5) is 17.2. The normalized spacial score (nSPS) is 11.3. The number of hydrogen-bond donors (Lipinski definition) is 2. The number of benzene rings is 3. The van der Waals surface area contributed by atoms with E-state index in [1.165, 1.54) is 0 Å². The number of carbonyl (C=O) groups is 1. The first-order valence-corrected chi connectivity index (χ1v) is 11.0. The van der Waals surface area contributed by atoms with Gasteiger partial charge in [-0.15, -0.1) is 10.2 Å². The Morgan fingerprint density at radius 3 is 2.46 bits per heavy atom. The third-order valence-corrected chi connectivity index (χ3v) is 5.86. The molecule has 6 rings (SSSR count). The van der Waals surface area contributed by atoms with Crippen LogP contribution in [-0.2, 0) is 0 Å². The van der Waals surface area contributed by atoms with Gasteiger partial charge in [0.2, 0.25) is 0 Å². The molecule has 0 saturated carbocycles. The predicted octanol–water partition coefficient (Wildman–Crippen LogP) is 5.31. The maximum atomic E-state index is 12.6. The van der Waals surface area contributed by atoms with Crippen LogP contribution in [0.5, 0.6) is 5.75 Å². The van der Waals surface area contributed by atoms with E-state index in [0.29, 0.717) is 22.8 Å². The summed E-state index contributed by atoms with van der Waals surface area (Å²) < 4.78 is 7.16. The standard InChI is InChI=1S/C27H20N6O2/c1-35-20-14-10-18(11-15-20)27(34)29-19-12-8-17(9-13-19)25-31-32-26-21-5-2-3-6-22(21)30-24-23(33(25)26)7-4-16-28-24/h2-16H,1H3,(H,28,30)(H,29,34). The molecular formula is C27H20N6O2. The van der Waals surface area contributed by atoms with Crippen LogP contribution in [0.4, 0.5) is 17.2 Å². The smallest absolute Gasteiger partial charge is 0.255 e. The lowest BCUT2D eigenvalue weighted by Gasteiger charge is -2.11. The zero-order chi connectivity index (χ0) is 23.8. The van der Waals surface area contributed by atoms with Crippen LogP contribution < -0.4 is 15.4 Å². The van der Waals surface area contributed by atoms with Crippen molar-refractivity contribution in [3.8, 4) is 34.2 Å².